The third-order valence-corrected chi connectivity index (χ3v) is 26.8. The molecule has 0 saturated carbocycles. The second-order valence-corrected chi connectivity index (χ2v) is 34.6. The predicted molar refractivity (Wildman–Crippen MR) is 566 cm³/mol. The van der Waals surface area contributed by atoms with E-state index in [9.17, 15) is 0 Å². The van der Waals surface area contributed by atoms with Gasteiger partial charge in [0.15, 0.2) is 23.3 Å². The van der Waals surface area contributed by atoms with Crippen LogP contribution in [0.4, 0.5) is 0 Å². The van der Waals surface area contributed by atoms with Crippen LogP contribution in [0.2, 0.25) is 0 Å². The van der Waals surface area contributed by atoms with Gasteiger partial charge in [0.2, 0.25) is 0 Å². The molecular weight excluding hydrogens is 1670 g/mol. The first-order chi connectivity index (χ1) is 68.0. The Morgan fingerprint density at radius 1 is 0.190 bits per heavy atom. The van der Waals surface area contributed by atoms with Gasteiger partial charge < -0.3 is 13.7 Å². The van der Waals surface area contributed by atoms with Gasteiger partial charge in [-0.25, -0.2) is 24.9 Å². The molecule has 9 heterocycles. The molecule has 0 aliphatic rings. The fourth-order valence-electron chi connectivity index (χ4n) is 20.8. The third kappa shape index (κ3) is 13.6. The summed E-state index contributed by atoms with van der Waals surface area (Å²) in [6.07, 6.45) is 9.50. The van der Waals surface area contributed by atoms with E-state index in [4.69, 9.17) is 39.9 Å². The van der Waals surface area contributed by atoms with E-state index in [1.54, 1.807) is 0 Å². The molecule has 0 atom stereocenters. The molecule has 0 unspecified atom stereocenters. The predicted octanol–water partition coefficient (Wildman–Crippen LogP) is 31.5. The summed E-state index contributed by atoms with van der Waals surface area (Å²) in [6, 6.07) is 156. The summed E-state index contributed by atoms with van der Waals surface area (Å²) in [5, 5.41) is 24.3. The molecule has 12 heteroatoms. The highest BCUT2D eigenvalue weighted by Gasteiger charge is 2.27. The van der Waals surface area contributed by atoms with Crippen molar-refractivity contribution in [1.82, 2.24) is 58.6 Å². The van der Waals surface area contributed by atoms with Crippen LogP contribution < -0.4 is 0 Å². The zero-order chi connectivity index (χ0) is 90.4. The van der Waals surface area contributed by atoms with Crippen molar-refractivity contribution in [3.05, 3.63) is 474 Å². The van der Waals surface area contributed by atoms with Crippen LogP contribution in [-0.2, 0) is 0 Å². The van der Waals surface area contributed by atoms with Crippen LogP contribution in [0.15, 0.2) is 474 Å². The van der Waals surface area contributed by atoms with Gasteiger partial charge in [-0.1, -0.05) is 358 Å². The van der Waals surface area contributed by atoms with Crippen LogP contribution in [-0.4, -0.2) is 58.6 Å². The van der Waals surface area contributed by atoms with Crippen LogP contribution in [0.5, 0.6) is 0 Å². The topological polar surface area (TPSA) is 131 Å². The van der Waals surface area contributed by atoms with E-state index < -0.39 is 0 Å². The smallest absolute Gasteiger partial charge is 0.164 e. The van der Waals surface area contributed by atoms with Gasteiger partial charge in [-0.2, -0.15) is 0 Å². The molecule has 0 bridgehead atoms. The summed E-state index contributed by atoms with van der Waals surface area (Å²) in [4.78, 5) is 44.0. The number of benzene rings is 19. The highest BCUT2D eigenvalue weighted by Crippen LogP contribution is 2.49. The molecule has 0 fully saturated rings. The number of aromatic nitrogens is 12. The number of rotatable bonds is 11. The number of para-hydroxylation sites is 2. The molecule has 0 spiro atoms. The Balaban J connectivity index is 0.000000107. The molecule has 19 aromatic carbocycles. The quantitative estimate of drug-likeness (QED) is 0.116. The normalized spacial score (nSPS) is 11.6. The average Bonchev–Trinajstić information content (AvgIpc) is 1.55. The Labute approximate surface area is 786 Å². The maximum atomic E-state index is 5.12. The summed E-state index contributed by atoms with van der Waals surface area (Å²) < 4.78 is 7.23. The minimum atomic E-state index is 0.632. The molecule has 0 amide bonds. The lowest BCUT2D eigenvalue weighted by Gasteiger charge is -2.16. The van der Waals surface area contributed by atoms with Crippen molar-refractivity contribution in [3.8, 4) is 108 Å². The minimum absolute atomic E-state index is 0.632. The molecule has 0 N–H and O–H groups in total. The second-order valence-electron chi connectivity index (χ2n) is 34.6. The number of hydrogen-bond acceptors (Lipinski definition) is 9. The van der Waals surface area contributed by atoms with E-state index in [-0.39, 0.29) is 0 Å². The van der Waals surface area contributed by atoms with Gasteiger partial charge in [-0.3, -0.25) is 19.9 Å². The Morgan fingerprint density at radius 3 is 1.17 bits per heavy atom. The van der Waals surface area contributed by atoms with Gasteiger partial charge >= 0.3 is 0 Å². The number of nitrogens with zero attached hydrogens (tertiary/aromatic N) is 12. The number of pyridine rings is 4. The Bertz CT molecular complexity index is 9570. The standard InChI is InChI=1S/C46H29N5.C42H27N3.C37H22N4/c1-3-13-30(14-4-1)44-48-45(31-15-5-2-6-16-31)50-46(49-44)34-19-11-17-32(27-34)33-18-12-20-35(28-33)51-41-29-47-26-25-40(41)42-38-23-9-7-21-36(38)37-22-8-10-24-39(37)43(42)51;1-3-14-28(15-4-1)37-27-38(44-42(43-37)29-16-5-2-6-17-29)30-18-13-19-31(26-30)45-39-25-12-11-24-36(39)40-34-22-9-7-20-32(34)33-21-8-10-23-35(33)41(40)45;1-2-10-24-23(9-1)19-22-40-34(24)27-17-18-32(26-12-4-3-11-25(26)27)41-31-16-6-5-13-28(31)33-29-14-7-20-38-35(29)36-30(37(33)41)15-8-21-39-36/h1-29H;1-27H;1-22H. The Kier molecular flexibility index (Phi) is 19.3. The van der Waals surface area contributed by atoms with E-state index >= 15 is 0 Å². The summed E-state index contributed by atoms with van der Waals surface area (Å²) in [7, 11) is 0. The molecule has 137 heavy (non-hydrogen) atoms. The lowest BCUT2D eigenvalue weighted by atomic mass is 9.97. The molecule has 0 aliphatic carbocycles. The van der Waals surface area contributed by atoms with Crippen LogP contribution in [0.3, 0.4) is 0 Å². The molecule has 28 rings (SSSR count). The van der Waals surface area contributed by atoms with Gasteiger partial charge in [0.05, 0.1) is 73.1 Å². The summed E-state index contributed by atoms with van der Waals surface area (Å²) in [6.45, 7) is 0. The Morgan fingerprint density at radius 2 is 0.577 bits per heavy atom. The van der Waals surface area contributed by atoms with Gasteiger partial charge in [0.25, 0.3) is 0 Å². The molecule has 0 saturated heterocycles. The summed E-state index contributed by atoms with van der Waals surface area (Å²) in [5.74, 6) is 2.64. The van der Waals surface area contributed by atoms with E-state index in [0.717, 1.165) is 128 Å². The van der Waals surface area contributed by atoms with E-state index in [2.05, 4.69) is 364 Å². The van der Waals surface area contributed by atoms with Gasteiger partial charge in [0, 0.05) is 140 Å². The minimum Gasteiger partial charge on any atom is -0.309 e. The van der Waals surface area contributed by atoms with Crippen molar-refractivity contribution in [2.45, 2.75) is 0 Å². The average molecular weight is 1750 g/mol. The zero-order valence-electron chi connectivity index (χ0n) is 73.9. The highest BCUT2D eigenvalue weighted by molar-refractivity contribution is 6.35. The number of hydrogen-bond donors (Lipinski definition) is 0. The van der Waals surface area contributed by atoms with Gasteiger partial charge in [-0.05, 0) is 139 Å². The van der Waals surface area contributed by atoms with Gasteiger partial charge in [-0.15, -0.1) is 0 Å². The fourth-order valence-corrected chi connectivity index (χ4v) is 20.8. The Hall–Kier alpha value is -18.7. The maximum absolute atomic E-state index is 5.12. The fraction of sp³-hybridized carbons (Fsp3) is 0. The molecule has 638 valence electrons. The van der Waals surface area contributed by atoms with E-state index in [0.29, 0.717) is 23.3 Å². The van der Waals surface area contributed by atoms with Crippen LogP contribution in [0.25, 0.3) is 259 Å². The van der Waals surface area contributed by atoms with Crippen molar-refractivity contribution in [1.29, 1.82) is 0 Å². The molecule has 0 aliphatic heterocycles. The molecule has 9 aromatic heterocycles. The van der Waals surface area contributed by atoms with Crippen LogP contribution in [0.1, 0.15) is 0 Å². The number of fused-ring (bicyclic) bond motifs is 26. The van der Waals surface area contributed by atoms with Crippen molar-refractivity contribution < 1.29 is 0 Å². The molecule has 0 radical (unpaired) electrons. The second kappa shape index (κ2) is 33.3. The highest BCUT2D eigenvalue weighted by atomic mass is 15.0. The molecule has 28 aromatic rings. The molecular formula is C125H78N12. The van der Waals surface area contributed by atoms with Crippen molar-refractivity contribution in [2.75, 3.05) is 0 Å². The van der Waals surface area contributed by atoms with Crippen LogP contribution >= 0.6 is 0 Å². The summed E-state index contributed by atoms with van der Waals surface area (Å²) >= 11 is 0. The van der Waals surface area contributed by atoms with Crippen molar-refractivity contribution in [2.24, 2.45) is 0 Å². The summed E-state index contributed by atoms with van der Waals surface area (Å²) in [5.41, 5.74) is 24.1. The van der Waals surface area contributed by atoms with Crippen molar-refractivity contribution >= 4 is 152 Å². The largest absolute Gasteiger partial charge is 0.309 e. The first-order valence-corrected chi connectivity index (χ1v) is 46.1. The van der Waals surface area contributed by atoms with Crippen LogP contribution in [0, 0.1) is 0 Å². The van der Waals surface area contributed by atoms with Gasteiger partial charge in [0.1, 0.15) is 0 Å². The van der Waals surface area contributed by atoms with E-state index in [1.165, 1.54) is 108 Å². The maximum Gasteiger partial charge on any atom is 0.164 e. The first-order valence-electron chi connectivity index (χ1n) is 46.1. The van der Waals surface area contributed by atoms with Crippen molar-refractivity contribution in [3.63, 3.8) is 0 Å². The molecule has 12 nitrogen and oxygen atoms in total. The SMILES string of the molecule is c1ccc(-c2cc(-c3cccc(-n4c5ccccc5c5c6ccccc6c6ccccc6c54)c3)nc(-c3ccccc3)n2)cc1.c1ccc(-c2nc(-c3ccccc3)nc(-c3cccc(-c4cccc(-n5c6cnccc6c6c7ccccc7c7ccccc7c65)c4)c3)n2)cc1.c1ccc2c(-c3ccc(-n4c5ccccc5c5c6cccnc6c6ncccc6c54)c4ccccc34)nccc2c1. The lowest BCUT2D eigenvalue weighted by molar-refractivity contribution is 1.07. The monoisotopic (exact) mass is 1750 g/mol. The zero-order valence-corrected chi connectivity index (χ0v) is 73.9. The van der Waals surface area contributed by atoms with E-state index in [1.807, 2.05) is 128 Å². The lowest BCUT2D eigenvalue weighted by Crippen LogP contribution is -2.00. The first kappa shape index (κ1) is 79.3. The third-order valence-electron chi connectivity index (χ3n) is 26.8.